The third-order valence-electron chi connectivity index (χ3n) is 4.65. The molecule has 23 heavy (non-hydrogen) atoms. The first-order valence-electron chi connectivity index (χ1n) is 8.10. The minimum atomic E-state index is 0.0686. The number of nitrogens with one attached hydrogen (secondary N) is 2. The quantitative estimate of drug-likeness (QED) is 0.908. The van der Waals surface area contributed by atoms with Crippen LogP contribution in [0.15, 0.2) is 24.3 Å². The second kappa shape index (κ2) is 6.44. The zero-order valence-corrected chi connectivity index (χ0v) is 14.0. The van der Waals surface area contributed by atoms with Crippen molar-refractivity contribution in [2.24, 2.45) is 5.92 Å². The summed E-state index contributed by atoms with van der Waals surface area (Å²) in [6, 6.07) is 8.50. The number of aryl methyl sites for hydroxylation is 2. The summed E-state index contributed by atoms with van der Waals surface area (Å²) in [5, 5.41) is 10.2. The Bertz CT molecular complexity index is 687. The number of nitrogens with zero attached hydrogens (tertiary/aromatic N) is 2. The van der Waals surface area contributed by atoms with Crippen LogP contribution >= 0.6 is 0 Å². The predicted molar refractivity (Wildman–Crippen MR) is 91.7 cm³/mol. The summed E-state index contributed by atoms with van der Waals surface area (Å²) >= 11 is 0. The third-order valence-corrected chi connectivity index (χ3v) is 4.65. The summed E-state index contributed by atoms with van der Waals surface area (Å²) in [7, 11) is 2.12. The maximum absolute atomic E-state index is 12.2. The number of benzene rings is 1. The van der Waals surface area contributed by atoms with Crippen molar-refractivity contribution < 1.29 is 4.79 Å². The van der Waals surface area contributed by atoms with Crippen LogP contribution in [0.25, 0.3) is 0 Å². The van der Waals surface area contributed by atoms with Crippen molar-refractivity contribution in [3.63, 3.8) is 0 Å². The summed E-state index contributed by atoms with van der Waals surface area (Å²) in [6.07, 6.45) is 1.41. The molecule has 1 aliphatic heterocycles. The monoisotopic (exact) mass is 312 g/mol. The van der Waals surface area contributed by atoms with E-state index in [1.807, 2.05) is 13.8 Å². The summed E-state index contributed by atoms with van der Waals surface area (Å²) < 4.78 is 0. The number of aromatic nitrogens is 2. The second-order valence-corrected chi connectivity index (χ2v) is 6.47. The lowest BCUT2D eigenvalue weighted by atomic mass is 9.92. The average Bonchev–Trinajstić information content (AvgIpc) is 2.85. The molecule has 2 N–H and O–H groups in total. The Morgan fingerprint density at radius 3 is 2.91 bits per heavy atom. The van der Waals surface area contributed by atoms with Crippen molar-refractivity contribution in [3.8, 4) is 0 Å². The first-order chi connectivity index (χ1) is 11.0. The molecule has 0 radical (unpaired) electrons. The molecular formula is C18H24N4O. The van der Waals surface area contributed by atoms with E-state index in [2.05, 4.69) is 51.7 Å². The predicted octanol–water partition coefficient (Wildman–Crippen LogP) is 1.99. The number of para-hydroxylation sites is 1. The van der Waals surface area contributed by atoms with Crippen LogP contribution < -0.4 is 10.2 Å². The van der Waals surface area contributed by atoms with E-state index in [9.17, 15) is 4.79 Å². The first kappa shape index (κ1) is 15.6. The molecule has 2 heterocycles. The Morgan fingerprint density at radius 1 is 1.39 bits per heavy atom. The maximum Gasteiger partial charge on any atom is 0.224 e. The minimum absolute atomic E-state index is 0.0686. The highest BCUT2D eigenvalue weighted by Gasteiger charge is 2.22. The number of amides is 1. The molecule has 0 saturated carbocycles. The number of hydrogen-bond acceptors (Lipinski definition) is 3. The van der Waals surface area contributed by atoms with Crippen molar-refractivity contribution in [2.45, 2.75) is 26.7 Å². The molecule has 1 aromatic carbocycles. The molecule has 0 aliphatic carbocycles. The van der Waals surface area contributed by atoms with Crippen LogP contribution in [0.3, 0.4) is 0 Å². The van der Waals surface area contributed by atoms with Crippen molar-refractivity contribution in [1.29, 1.82) is 0 Å². The zero-order valence-electron chi connectivity index (χ0n) is 14.0. The molecule has 1 atom stereocenters. The topological polar surface area (TPSA) is 61.0 Å². The van der Waals surface area contributed by atoms with E-state index in [-0.39, 0.29) is 5.91 Å². The molecule has 0 saturated heterocycles. The summed E-state index contributed by atoms with van der Waals surface area (Å²) in [5.74, 6) is 0.518. The fraction of sp³-hybridized carbons (Fsp3) is 0.444. The third kappa shape index (κ3) is 3.38. The second-order valence-electron chi connectivity index (χ2n) is 6.47. The van der Waals surface area contributed by atoms with Gasteiger partial charge in [-0.05, 0) is 37.8 Å². The molecule has 3 rings (SSSR count). The van der Waals surface area contributed by atoms with Crippen LogP contribution in [-0.2, 0) is 17.6 Å². The Morgan fingerprint density at radius 2 is 2.17 bits per heavy atom. The van der Waals surface area contributed by atoms with Gasteiger partial charge in [0.15, 0.2) is 0 Å². The van der Waals surface area contributed by atoms with Crippen LogP contribution in [0.4, 0.5) is 5.69 Å². The highest BCUT2D eigenvalue weighted by Crippen LogP contribution is 2.27. The van der Waals surface area contributed by atoms with Gasteiger partial charge < -0.3 is 10.2 Å². The van der Waals surface area contributed by atoms with Gasteiger partial charge in [-0.2, -0.15) is 5.10 Å². The number of aromatic amines is 1. The Balaban J connectivity index is 1.56. The number of hydrogen-bond donors (Lipinski definition) is 2. The molecule has 5 nitrogen and oxygen atoms in total. The smallest absolute Gasteiger partial charge is 0.224 e. The fourth-order valence-corrected chi connectivity index (χ4v) is 3.37. The standard InChI is InChI=1S/C18H24N4O/c1-12-16(13(2)21-20-12)9-18(23)19-10-14-8-15-6-4-5-7-17(15)22(3)11-14/h4-7,14H,8-11H2,1-3H3,(H,19,23)(H,20,21). The molecule has 1 aromatic heterocycles. The molecule has 0 spiro atoms. The summed E-state index contributed by atoms with van der Waals surface area (Å²) in [6.45, 7) is 5.57. The minimum Gasteiger partial charge on any atom is -0.374 e. The van der Waals surface area contributed by atoms with Gasteiger partial charge in [-0.25, -0.2) is 0 Å². The lowest BCUT2D eigenvalue weighted by Crippen LogP contribution is -2.40. The number of H-pyrrole nitrogens is 1. The fourth-order valence-electron chi connectivity index (χ4n) is 3.37. The Labute approximate surface area is 137 Å². The number of carbonyl (C=O) groups is 1. The van der Waals surface area contributed by atoms with Crippen molar-refractivity contribution in [1.82, 2.24) is 15.5 Å². The molecule has 122 valence electrons. The van der Waals surface area contributed by atoms with Gasteiger partial charge in [0.25, 0.3) is 0 Å². The molecule has 1 amide bonds. The van der Waals surface area contributed by atoms with Gasteiger partial charge in [0.1, 0.15) is 0 Å². The van der Waals surface area contributed by atoms with Gasteiger partial charge in [-0.15, -0.1) is 0 Å². The highest BCUT2D eigenvalue weighted by atomic mass is 16.1. The zero-order chi connectivity index (χ0) is 16.4. The molecule has 0 fully saturated rings. The van der Waals surface area contributed by atoms with E-state index in [4.69, 9.17) is 0 Å². The number of rotatable bonds is 4. The normalized spacial score (nSPS) is 17.0. The molecule has 0 bridgehead atoms. The molecule has 2 aromatic rings. The van der Waals surface area contributed by atoms with Gasteiger partial charge in [-0.1, -0.05) is 18.2 Å². The SMILES string of the molecule is Cc1n[nH]c(C)c1CC(=O)NCC1Cc2ccccc2N(C)C1. The van der Waals surface area contributed by atoms with Crippen molar-refractivity contribution >= 4 is 11.6 Å². The largest absolute Gasteiger partial charge is 0.374 e. The van der Waals surface area contributed by atoms with E-state index in [1.165, 1.54) is 11.3 Å². The van der Waals surface area contributed by atoms with Crippen LogP contribution in [-0.4, -0.2) is 36.2 Å². The molecule has 1 unspecified atom stereocenters. The van der Waals surface area contributed by atoms with Gasteiger partial charge in [0, 0.05) is 37.1 Å². The number of fused-ring (bicyclic) bond motifs is 1. The van der Waals surface area contributed by atoms with E-state index < -0.39 is 0 Å². The maximum atomic E-state index is 12.2. The van der Waals surface area contributed by atoms with Crippen LogP contribution in [0, 0.1) is 19.8 Å². The lowest BCUT2D eigenvalue weighted by molar-refractivity contribution is -0.120. The summed E-state index contributed by atoms with van der Waals surface area (Å²) in [4.78, 5) is 14.5. The summed E-state index contributed by atoms with van der Waals surface area (Å²) in [5.41, 5.74) is 5.56. The molecule has 5 heteroatoms. The van der Waals surface area contributed by atoms with Gasteiger partial charge in [0.2, 0.25) is 5.91 Å². The van der Waals surface area contributed by atoms with Crippen LogP contribution in [0.1, 0.15) is 22.5 Å². The van der Waals surface area contributed by atoms with Crippen molar-refractivity contribution in [2.75, 3.05) is 25.0 Å². The average molecular weight is 312 g/mol. The van der Waals surface area contributed by atoms with Crippen LogP contribution in [0.2, 0.25) is 0 Å². The van der Waals surface area contributed by atoms with Crippen LogP contribution in [0.5, 0.6) is 0 Å². The number of carbonyl (C=O) groups excluding carboxylic acids is 1. The van der Waals surface area contributed by atoms with Crippen molar-refractivity contribution in [3.05, 3.63) is 46.8 Å². The molecule has 1 aliphatic rings. The van der Waals surface area contributed by atoms with E-state index >= 15 is 0 Å². The Kier molecular flexibility index (Phi) is 4.37. The van der Waals surface area contributed by atoms with E-state index in [1.54, 1.807) is 0 Å². The van der Waals surface area contributed by atoms with Gasteiger partial charge in [-0.3, -0.25) is 9.89 Å². The van der Waals surface area contributed by atoms with Gasteiger partial charge in [0.05, 0.1) is 12.1 Å². The van der Waals surface area contributed by atoms with Gasteiger partial charge >= 0.3 is 0 Å². The number of anilines is 1. The lowest BCUT2D eigenvalue weighted by Gasteiger charge is -2.33. The first-order valence-corrected chi connectivity index (χ1v) is 8.10. The van der Waals surface area contributed by atoms with E-state index in [0.29, 0.717) is 18.9 Å². The molecular weight excluding hydrogens is 288 g/mol. The highest BCUT2D eigenvalue weighted by molar-refractivity contribution is 5.79. The van der Waals surface area contributed by atoms with E-state index in [0.717, 1.165) is 29.9 Å². The Hall–Kier alpha value is -2.30.